The first-order valence-electron chi connectivity index (χ1n) is 7.19. The van der Waals surface area contributed by atoms with E-state index in [1.807, 2.05) is 36.4 Å². The standard InChI is InChI=1S/C18H21NO3/c1-21-13-17(15-8-4-3-5-9-15)19-12-14-7-6-10-16(11-14)18(20)22-2/h3-11,17,19H,12-13H2,1-2H3. The summed E-state index contributed by atoms with van der Waals surface area (Å²) in [5, 5.41) is 3.46. The van der Waals surface area contributed by atoms with Crippen molar-refractivity contribution < 1.29 is 14.3 Å². The van der Waals surface area contributed by atoms with Crippen LogP contribution in [0.15, 0.2) is 54.6 Å². The highest BCUT2D eigenvalue weighted by Gasteiger charge is 2.11. The second-order valence-electron chi connectivity index (χ2n) is 4.99. The average molecular weight is 299 g/mol. The van der Waals surface area contributed by atoms with Crippen molar-refractivity contribution in [2.75, 3.05) is 20.8 Å². The van der Waals surface area contributed by atoms with Gasteiger partial charge in [0.2, 0.25) is 0 Å². The van der Waals surface area contributed by atoms with Gasteiger partial charge in [-0.2, -0.15) is 0 Å². The number of rotatable bonds is 7. The van der Waals surface area contributed by atoms with Gasteiger partial charge in [-0.3, -0.25) is 0 Å². The highest BCUT2D eigenvalue weighted by atomic mass is 16.5. The van der Waals surface area contributed by atoms with Crippen molar-refractivity contribution in [1.29, 1.82) is 0 Å². The summed E-state index contributed by atoms with van der Waals surface area (Å²) < 4.78 is 10.0. The van der Waals surface area contributed by atoms with Gasteiger partial charge in [-0.25, -0.2) is 4.79 Å². The molecule has 0 aromatic heterocycles. The molecule has 2 aromatic rings. The molecule has 0 aliphatic rings. The van der Waals surface area contributed by atoms with Crippen LogP contribution in [0.2, 0.25) is 0 Å². The van der Waals surface area contributed by atoms with Crippen molar-refractivity contribution in [2.45, 2.75) is 12.6 Å². The molecule has 0 fully saturated rings. The van der Waals surface area contributed by atoms with E-state index in [-0.39, 0.29) is 12.0 Å². The van der Waals surface area contributed by atoms with Crippen LogP contribution in [0, 0.1) is 0 Å². The molecular weight excluding hydrogens is 278 g/mol. The maximum atomic E-state index is 11.6. The Hall–Kier alpha value is -2.17. The summed E-state index contributed by atoms with van der Waals surface area (Å²) in [6, 6.07) is 17.7. The number of hydrogen-bond donors (Lipinski definition) is 1. The van der Waals surface area contributed by atoms with Crippen LogP contribution in [0.1, 0.15) is 27.5 Å². The first-order valence-corrected chi connectivity index (χ1v) is 7.19. The minimum atomic E-state index is -0.321. The van der Waals surface area contributed by atoms with E-state index in [1.165, 1.54) is 12.7 Å². The second kappa shape index (κ2) is 8.32. The highest BCUT2D eigenvalue weighted by Crippen LogP contribution is 2.14. The third-order valence-corrected chi connectivity index (χ3v) is 3.44. The Morgan fingerprint density at radius 2 is 1.86 bits per heavy atom. The van der Waals surface area contributed by atoms with Crippen LogP contribution in [-0.4, -0.2) is 26.8 Å². The van der Waals surface area contributed by atoms with Gasteiger partial charge in [-0.1, -0.05) is 42.5 Å². The Morgan fingerprint density at radius 3 is 2.55 bits per heavy atom. The molecule has 116 valence electrons. The fourth-order valence-corrected chi connectivity index (χ4v) is 2.29. The van der Waals surface area contributed by atoms with Crippen LogP contribution in [-0.2, 0) is 16.0 Å². The third kappa shape index (κ3) is 4.41. The molecule has 0 radical (unpaired) electrons. The number of carbonyl (C=O) groups is 1. The molecule has 2 aromatic carbocycles. The molecule has 0 bridgehead atoms. The van der Waals surface area contributed by atoms with E-state index in [0.29, 0.717) is 18.7 Å². The van der Waals surface area contributed by atoms with E-state index < -0.39 is 0 Å². The Kier molecular flexibility index (Phi) is 6.13. The summed E-state index contributed by atoms with van der Waals surface area (Å²) >= 11 is 0. The van der Waals surface area contributed by atoms with Gasteiger partial charge in [0.15, 0.2) is 0 Å². The van der Waals surface area contributed by atoms with Crippen molar-refractivity contribution in [3.8, 4) is 0 Å². The molecule has 1 N–H and O–H groups in total. The van der Waals surface area contributed by atoms with Crippen molar-refractivity contribution in [3.63, 3.8) is 0 Å². The minimum Gasteiger partial charge on any atom is -0.465 e. The van der Waals surface area contributed by atoms with Crippen LogP contribution in [0.4, 0.5) is 0 Å². The first kappa shape index (κ1) is 16.2. The maximum absolute atomic E-state index is 11.6. The van der Waals surface area contributed by atoms with E-state index in [9.17, 15) is 4.79 Å². The Morgan fingerprint density at radius 1 is 1.09 bits per heavy atom. The first-order chi connectivity index (χ1) is 10.7. The lowest BCUT2D eigenvalue weighted by Crippen LogP contribution is -2.25. The Bertz CT molecular complexity index is 598. The number of methoxy groups -OCH3 is 2. The minimum absolute atomic E-state index is 0.105. The van der Waals surface area contributed by atoms with Crippen LogP contribution >= 0.6 is 0 Å². The van der Waals surface area contributed by atoms with Crippen molar-refractivity contribution in [1.82, 2.24) is 5.32 Å². The normalized spacial score (nSPS) is 11.9. The zero-order valence-electron chi connectivity index (χ0n) is 12.9. The van der Waals surface area contributed by atoms with Gasteiger partial charge in [-0.15, -0.1) is 0 Å². The van der Waals surface area contributed by atoms with Crippen LogP contribution in [0.3, 0.4) is 0 Å². The van der Waals surface area contributed by atoms with E-state index in [2.05, 4.69) is 17.4 Å². The molecule has 0 aliphatic heterocycles. The molecule has 0 aliphatic carbocycles. The van der Waals surface area contributed by atoms with E-state index in [4.69, 9.17) is 9.47 Å². The molecule has 0 saturated carbocycles. The number of carbonyl (C=O) groups excluding carboxylic acids is 1. The van der Waals surface area contributed by atoms with Crippen LogP contribution < -0.4 is 5.32 Å². The number of nitrogens with one attached hydrogen (secondary N) is 1. The summed E-state index contributed by atoms with van der Waals surface area (Å²) in [5.74, 6) is -0.321. The predicted octanol–water partition coefficient (Wildman–Crippen LogP) is 2.95. The SMILES string of the molecule is COCC(NCc1cccc(C(=O)OC)c1)c1ccccc1. The Balaban J connectivity index is 2.05. The quantitative estimate of drug-likeness (QED) is 0.799. The fourth-order valence-electron chi connectivity index (χ4n) is 2.29. The van der Waals surface area contributed by atoms with Gasteiger partial charge in [0, 0.05) is 13.7 Å². The number of ether oxygens (including phenoxy) is 2. The number of hydrogen-bond acceptors (Lipinski definition) is 4. The molecule has 4 nitrogen and oxygen atoms in total. The van der Waals surface area contributed by atoms with Gasteiger partial charge in [0.1, 0.15) is 0 Å². The number of esters is 1. The highest BCUT2D eigenvalue weighted by molar-refractivity contribution is 5.89. The summed E-state index contributed by atoms with van der Waals surface area (Å²) in [5.41, 5.74) is 2.76. The molecule has 22 heavy (non-hydrogen) atoms. The molecule has 1 unspecified atom stereocenters. The van der Waals surface area contributed by atoms with Gasteiger partial charge in [0.25, 0.3) is 0 Å². The lowest BCUT2D eigenvalue weighted by molar-refractivity contribution is 0.0600. The zero-order chi connectivity index (χ0) is 15.8. The third-order valence-electron chi connectivity index (χ3n) is 3.44. The fraction of sp³-hybridized carbons (Fsp3) is 0.278. The maximum Gasteiger partial charge on any atom is 0.337 e. The van der Waals surface area contributed by atoms with Gasteiger partial charge in [0.05, 0.1) is 25.3 Å². The van der Waals surface area contributed by atoms with Gasteiger partial charge >= 0.3 is 5.97 Å². The molecular formula is C18H21NO3. The summed E-state index contributed by atoms with van der Waals surface area (Å²) in [4.78, 5) is 11.6. The largest absolute Gasteiger partial charge is 0.465 e. The van der Waals surface area contributed by atoms with Crippen molar-refractivity contribution >= 4 is 5.97 Å². The van der Waals surface area contributed by atoms with E-state index >= 15 is 0 Å². The van der Waals surface area contributed by atoms with Crippen LogP contribution in [0.25, 0.3) is 0 Å². The average Bonchev–Trinajstić information content (AvgIpc) is 2.59. The van der Waals surface area contributed by atoms with Crippen LogP contribution in [0.5, 0.6) is 0 Å². The zero-order valence-corrected chi connectivity index (χ0v) is 12.9. The Labute approximate surface area is 131 Å². The van der Waals surface area contributed by atoms with Crippen molar-refractivity contribution in [2.24, 2.45) is 0 Å². The predicted molar refractivity (Wildman–Crippen MR) is 85.7 cm³/mol. The van der Waals surface area contributed by atoms with Gasteiger partial charge in [-0.05, 0) is 23.3 Å². The molecule has 2 rings (SSSR count). The monoisotopic (exact) mass is 299 g/mol. The van der Waals surface area contributed by atoms with Gasteiger partial charge < -0.3 is 14.8 Å². The van der Waals surface area contributed by atoms with E-state index in [1.54, 1.807) is 13.2 Å². The second-order valence-corrected chi connectivity index (χ2v) is 4.99. The lowest BCUT2D eigenvalue weighted by atomic mass is 10.1. The molecule has 0 saturated heterocycles. The molecule has 4 heteroatoms. The summed E-state index contributed by atoms with van der Waals surface area (Å²) in [6.07, 6.45) is 0. The molecule has 0 spiro atoms. The molecule has 1 atom stereocenters. The molecule has 0 amide bonds. The summed E-state index contributed by atoms with van der Waals surface area (Å²) in [6.45, 7) is 1.23. The number of benzene rings is 2. The molecule has 0 heterocycles. The smallest absolute Gasteiger partial charge is 0.337 e. The summed E-state index contributed by atoms with van der Waals surface area (Å²) in [7, 11) is 3.08. The lowest BCUT2D eigenvalue weighted by Gasteiger charge is -2.18. The topological polar surface area (TPSA) is 47.6 Å². The van der Waals surface area contributed by atoms with E-state index in [0.717, 1.165) is 5.56 Å². The van der Waals surface area contributed by atoms with Crippen molar-refractivity contribution in [3.05, 3.63) is 71.3 Å².